The second-order valence-electron chi connectivity index (χ2n) is 2.91. The monoisotopic (exact) mass is 249 g/mol. The Kier molecular flexibility index (Phi) is 5.19. The number of benzene rings is 1. The highest BCUT2D eigenvalue weighted by molar-refractivity contribution is 6.36. The first kappa shape index (κ1) is 12.6. The van der Waals surface area contributed by atoms with E-state index in [1.807, 2.05) is 6.07 Å². The topological polar surface area (TPSA) is 30.5 Å². The van der Waals surface area contributed by atoms with Gasteiger partial charge >= 0.3 is 0 Å². The fraction of sp³-hybridized carbons (Fsp3) is 0.400. The summed E-state index contributed by atoms with van der Waals surface area (Å²) in [5, 5.41) is 4.29. The molecule has 5 heteroatoms. The van der Waals surface area contributed by atoms with Crippen LogP contribution in [0.3, 0.4) is 0 Å². The van der Waals surface area contributed by atoms with Crippen molar-refractivity contribution >= 4 is 28.9 Å². The summed E-state index contributed by atoms with van der Waals surface area (Å²) in [7, 11) is 3.17. The highest BCUT2D eigenvalue weighted by Gasteiger charge is 2.06. The molecule has 84 valence electrons. The number of rotatable bonds is 5. The van der Waals surface area contributed by atoms with E-state index in [4.69, 9.17) is 32.7 Å². The largest absolute Gasteiger partial charge is 0.379 e. The maximum absolute atomic E-state index is 5.97. The van der Waals surface area contributed by atoms with Crippen molar-refractivity contribution in [2.24, 2.45) is 0 Å². The fourth-order valence-corrected chi connectivity index (χ4v) is 1.56. The van der Waals surface area contributed by atoms with Crippen molar-refractivity contribution in [3.63, 3.8) is 0 Å². The molecule has 0 fully saturated rings. The van der Waals surface area contributed by atoms with E-state index < -0.39 is 0 Å². The molecule has 0 atom stereocenters. The highest BCUT2D eigenvalue weighted by atomic mass is 35.5. The van der Waals surface area contributed by atoms with Gasteiger partial charge in [-0.15, -0.1) is 0 Å². The molecular weight excluding hydrogens is 237 g/mol. The second-order valence-corrected chi connectivity index (χ2v) is 3.75. The summed E-state index contributed by atoms with van der Waals surface area (Å²) in [6, 6.07) is 5.26. The van der Waals surface area contributed by atoms with E-state index in [0.29, 0.717) is 16.6 Å². The van der Waals surface area contributed by atoms with Crippen molar-refractivity contribution in [1.82, 2.24) is 0 Å². The summed E-state index contributed by atoms with van der Waals surface area (Å²) >= 11 is 11.7. The molecule has 0 aliphatic heterocycles. The first-order valence-corrected chi connectivity index (χ1v) is 5.17. The van der Waals surface area contributed by atoms with Crippen LogP contribution in [0.5, 0.6) is 0 Å². The molecule has 0 heterocycles. The lowest BCUT2D eigenvalue weighted by molar-refractivity contribution is -0.0914. The Labute approximate surface area is 99.3 Å². The quantitative estimate of drug-likeness (QED) is 0.815. The molecule has 0 aromatic heterocycles. The van der Waals surface area contributed by atoms with E-state index in [1.54, 1.807) is 26.4 Å². The molecule has 0 saturated carbocycles. The number of hydrogen-bond acceptors (Lipinski definition) is 3. The predicted molar refractivity (Wildman–Crippen MR) is 62.8 cm³/mol. The van der Waals surface area contributed by atoms with Crippen molar-refractivity contribution in [3.05, 3.63) is 28.2 Å². The van der Waals surface area contributed by atoms with E-state index in [0.717, 1.165) is 5.69 Å². The molecule has 0 amide bonds. The van der Waals surface area contributed by atoms with Crippen molar-refractivity contribution in [2.75, 3.05) is 26.1 Å². The Morgan fingerprint density at radius 2 is 1.93 bits per heavy atom. The minimum absolute atomic E-state index is 0.295. The minimum atomic E-state index is -0.295. The van der Waals surface area contributed by atoms with E-state index >= 15 is 0 Å². The molecule has 0 spiro atoms. The van der Waals surface area contributed by atoms with Crippen LogP contribution in [0.25, 0.3) is 0 Å². The Hall–Kier alpha value is -0.480. The number of methoxy groups -OCH3 is 2. The summed E-state index contributed by atoms with van der Waals surface area (Å²) in [6.07, 6.45) is -0.295. The van der Waals surface area contributed by atoms with Crippen LogP contribution in [-0.2, 0) is 9.47 Å². The lowest BCUT2D eigenvalue weighted by atomic mass is 10.3. The SMILES string of the molecule is COC(CNc1ccc(Cl)cc1Cl)OC. The van der Waals surface area contributed by atoms with Gasteiger partial charge in [-0.25, -0.2) is 0 Å². The molecule has 3 nitrogen and oxygen atoms in total. The number of anilines is 1. The third-order valence-corrected chi connectivity index (χ3v) is 2.46. The van der Waals surface area contributed by atoms with Crippen molar-refractivity contribution in [2.45, 2.75) is 6.29 Å². The number of nitrogens with one attached hydrogen (secondary N) is 1. The molecule has 0 radical (unpaired) electrons. The lowest BCUT2D eigenvalue weighted by Gasteiger charge is -2.15. The first-order valence-electron chi connectivity index (χ1n) is 4.42. The van der Waals surface area contributed by atoms with Gasteiger partial charge in [0.1, 0.15) is 0 Å². The van der Waals surface area contributed by atoms with Crippen LogP contribution < -0.4 is 5.32 Å². The van der Waals surface area contributed by atoms with Crippen LogP contribution >= 0.6 is 23.2 Å². The molecule has 1 rings (SSSR count). The zero-order valence-electron chi connectivity index (χ0n) is 8.59. The molecule has 0 aliphatic rings. The van der Waals surface area contributed by atoms with Crippen LogP contribution in [-0.4, -0.2) is 27.1 Å². The standard InChI is InChI=1S/C10H13Cl2NO2/c1-14-10(15-2)6-13-9-4-3-7(11)5-8(9)12/h3-5,10,13H,6H2,1-2H3. The van der Waals surface area contributed by atoms with Gasteiger partial charge in [0, 0.05) is 19.2 Å². The van der Waals surface area contributed by atoms with Gasteiger partial charge in [-0.3, -0.25) is 0 Å². The molecule has 1 aromatic rings. The van der Waals surface area contributed by atoms with E-state index in [9.17, 15) is 0 Å². The molecule has 0 bridgehead atoms. The van der Waals surface area contributed by atoms with E-state index in [-0.39, 0.29) is 6.29 Å². The van der Waals surface area contributed by atoms with Crippen LogP contribution in [0.1, 0.15) is 0 Å². The Morgan fingerprint density at radius 1 is 1.27 bits per heavy atom. The zero-order chi connectivity index (χ0) is 11.3. The third kappa shape index (κ3) is 3.87. The molecular formula is C10H13Cl2NO2. The number of ether oxygens (including phenoxy) is 2. The van der Waals surface area contributed by atoms with Gasteiger partial charge in [0.05, 0.1) is 17.3 Å². The lowest BCUT2D eigenvalue weighted by Crippen LogP contribution is -2.23. The summed E-state index contributed by atoms with van der Waals surface area (Å²) in [6.45, 7) is 0.522. The summed E-state index contributed by atoms with van der Waals surface area (Å²) in [4.78, 5) is 0. The van der Waals surface area contributed by atoms with Crippen LogP contribution in [0.2, 0.25) is 10.0 Å². The maximum atomic E-state index is 5.97. The molecule has 0 unspecified atom stereocenters. The van der Waals surface area contributed by atoms with Gasteiger partial charge in [-0.05, 0) is 18.2 Å². The van der Waals surface area contributed by atoms with Gasteiger partial charge in [-0.1, -0.05) is 23.2 Å². The highest BCUT2D eigenvalue weighted by Crippen LogP contribution is 2.25. The molecule has 0 aliphatic carbocycles. The Bertz CT molecular complexity index is 316. The molecule has 15 heavy (non-hydrogen) atoms. The maximum Gasteiger partial charge on any atom is 0.173 e. The van der Waals surface area contributed by atoms with Crippen LogP contribution in [0, 0.1) is 0 Å². The van der Waals surface area contributed by atoms with Gasteiger partial charge in [0.15, 0.2) is 6.29 Å². The molecule has 1 N–H and O–H groups in total. The average molecular weight is 250 g/mol. The Morgan fingerprint density at radius 3 is 2.47 bits per heavy atom. The number of hydrogen-bond donors (Lipinski definition) is 1. The molecule has 1 aromatic carbocycles. The van der Waals surface area contributed by atoms with E-state index in [2.05, 4.69) is 5.32 Å². The van der Waals surface area contributed by atoms with Crippen molar-refractivity contribution in [3.8, 4) is 0 Å². The molecule has 0 saturated heterocycles. The normalized spacial score (nSPS) is 10.7. The van der Waals surface area contributed by atoms with Gasteiger partial charge < -0.3 is 14.8 Å². The van der Waals surface area contributed by atoms with E-state index in [1.165, 1.54) is 0 Å². The summed E-state index contributed by atoms with van der Waals surface area (Å²) in [5.74, 6) is 0. The van der Waals surface area contributed by atoms with Crippen LogP contribution in [0.4, 0.5) is 5.69 Å². The average Bonchev–Trinajstić information content (AvgIpc) is 2.22. The number of halogens is 2. The second kappa shape index (κ2) is 6.18. The predicted octanol–water partition coefficient (Wildman–Crippen LogP) is 3.02. The van der Waals surface area contributed by atoms with Crippen LogP contribution in [0.15, 0.2) is 18.2 Å². The summed E-state index contributed by atoms with van der Waals surface area (Å²) < 4.78 is 10.1. The zero-order valence-corrected chi connectivity index (χ0v) is 10.1. The Balaban J connectivity index is 2.57. The minimum Gasteiger partial charge on any atom is -0.379 e. The van der Waals surface area contributed by atoms with Crippen molar-refractivity contribution < 1.29 is 9.47 Å². The van der Waals surface area contributed by atoms with Gasteiger partial charge in [0.2, 0.25) is 0 Å². The fourth-order valence-electron chi connectivity index (χ4n) is 1.09. The smallest absolute Gasteiger partial charge is 0.173 e. The summed E-state index contributed by atoms with van der Waals surface area (Å²) in [5.41, 5.74) is 0.806. The van der Waals surface area contributed by atoms with Gasteiger partial charge in [0.25, 0.3) is 0 Å². The third-order valence-electron chi connectivity index (χ3n) is 1.92. The first-order chi connectivity index (χ1) is 7.17. The van der Waals surface area contributed by atoms with Crippen molar-refractivity contribution in [1.29, 1.82) is 0 Å². The van der Waals surface area contributed by atoms with Gasteiger partial charge in [-0.2, -0.15) is 0 Å².